The van der Waals surface area contributed by atoms with Crippen molar-refractivity contribution >= 4 is 35.0 Å². The van der Waals surface area contributed by atoms with E-state index in [9.17, 15) is 9.59 Å². The minimum atomic E-state index is -0.707. The second-order valence-corrected chi connectivity index (χ2v) is 10.3. The maximum atomic E-state index is 14.3. The molecule has 4 aromatic rings. The molecule has 4 rings (SSSR count). The normalized spacial score (nSPS) is 11.7. The van der Waals surface area contributed by atoms with Crippen LogP contribution in [0.15, 0.2) is 109 Å². The molecule has 0 spiro atoms. The molecule has 0 heterocycles. The Morgan fingerprint density at radius 1 is 0.744 bits per heavy atom. The number of benzene rings is 4. The van der Waals surface area contributed by atoms with Crippen molar-refractivity contribution in [1.29, 1.82) is 0 Å². The third-order valence-corrected chi connectivity index (χ3v) is 7.48. The van der Waals surface area contributed by atoms with Crippen LogP contribution in [0.4, 0.5) is 0 Å². The molecule has 4 nitrogen and oxygen atoms in total. The average molecular weight is 560 g/mol. The molecule has 0 aliphatic carbocycles. The second-order valence-electron chi connectivity index (χ2n) is 9.45. The summed E-state index contributed by atoms with van der Waals surface area (Å²) in [5.41, 5.74) is 3.87. The van der Waals surface area contributed by atoms with Crippen molar-refractivity contribution in [2.24, 2.45) is 0 Å². The van der Waals surface area contributed by atoms with Gasteiger partial charge >= 0.3 is 0 Å². The predicted octanol–water partition coefficient (Wildman–Crippen LogP) is 7.29. The molecule has 6 heteroatoms. The van der Waals surface area contributed by atoms with Gasteiger partial charge in [0.05, 0.1) is 10.0 Å². The molecule has 0 saturated carbocycles. The first-order valence-corrected chi connectivity index (χ1v) is 13.9. The largest absolute Gasteiger partial charge is 0.355 e. The van der Waals surface area contributed by atoms with E-state index in [4.69, 9.17) is 23.2 Å². The highest BCUT2D eigenvalue weighted by atomic mass is 35.5. The Labute approximate surface area is 240 Å². The van der Waals surface area contributed by atoms with Crippen molar-refractivity contribution in [1.82, 2.24) is 10.2 Å². The number of rotatable bonds is 11. The minimum Gasteiger partial charge on any atom is -0.355 e. The molecule has 39 heavy (non-hydrogen) atoms. The quantitative estimate of drug-likeness (QED) is 0.210. The zero-order valence-electron chi connectivity index (χ0n) is 21.9. The lowest BCUT2D eigenvalue weighted by Crippen LogP contribution is -2.50. The van der Waals surface area contributed by atoms with Gasteiger partial charge in [0.2, 0.25) is 11.8 Å². The molecule has 0 saturated heterocycles. The van der Waals surface area contributed by atoms with Gasteiger partial charge in [-0.1, -0.05) is 120 Å². The molecule has 0 radical (unpaired) electrons. The first-order valence-electron chi connectivity index (χ1n) is 13.1. The van der Waals surface area contributed by atoms with Crippen molar-refractivity contribution in [3.05, 3.63) is 141 Å². The standard InChI is InChI=1S/C33H32Cl2N2O2/c1-2-36-33(39)31(21-24-12-6-3-7-13-24)37(23-25-18-19-29(34)30(35)20-25)32(38)22-28(26-14-8-4-9-15-26)27-16-10-5-11-17-27/h3-20,28,31H,2,21-23H2,1H3,(H,36,39)/t31-/m1/s1. The Kier molecular flexibility index (Phi) is 10.2. The number of likely N-dealkylation sites (N-methyl/N-ethyl adjacent to an activating group) is 1. The Hall–Kier alpha value is -3.60. The molecule has 1 N–H and O–H groups in total. The monoisotopic (exact) mass is 558 g/mol. The number of amides is 2. The van der Waals surface area contributed by atoms with Gasteiger partial charge in [0.25, 0.3) is 0 Å². The highest BCUT2D eigenvalue weighted by molar-refractivity contribution is 6.42. The molecule has 2 amide bonds. The lowest BCUT2D eigenvalue weighted by atomic mass is 9.87. The highest BCUT2D eigenvalue weighted by Crippen LogP contribution is 2.30. The van der Waals surface area contributed by atoms with E-state index in [2.05, 4.69) is 5.32 Å². The van der Waals surface area contributed by atoms with E-state index in [1.165, 1.54) is 0 Å². The van der Waals surface area contributed by atoms with Crippen molar-refractivity contribution in [2.45, 2.75) is 38.3 Å². The molecule has 1 atom stereocenters. The van der Waals surface area contributed by atoms with Crippen molar-refractivity contribution < 1.29 is 9.59 Å². The number of carbonyl (C=O) groups is 2. The van der Waals surface area contributed by atoms with E-state index < -0.39 is 6.04 Å². The van der Waals surface area contributed by atoms with Crippen LogP contribution in [0.3, 0.4) is 0 Å². The fourth-order valence-electron chi connectivity index (χ4n) is 4.77. The van der Waals surface area contributed by atoms with Crippen LogP contribution < -0.4 is 5.32 Å². The third kappa shape index (κ3) is 7.72. The summed E-state index contributed by atoms with van der Waals surface area (Å²) in [6.07, 6.45) is 0.598. The van der Waals surface area contributed by atoms with Crippen LogP contribution in [0.2, 0.25) is 10.0 Å². The van der Waals surface area contributed by atoms with E-state index in [0.717, 1.165) is 22.3 Å². The molecule has 0 unspecified atom stereocenters. The fourth-order valence-corrected chi connectivity index (χ4v) is 5.09. The first kappa shape index (κ1) is 28.4. The second kappa shape index (κ2) is 14.0. The topological polar surface area (TPSA) is 49.4 Å². The molecule has 0 aromatic heterocycles. The Bertz CT molecular complexity index is 1330. The van der Waals surface area contributed by atoms with Crippen LogP contribution in [0.25, 0.3) is 0 Å². The molecule has 0 aliphatic rings. The summed E-state index contributed by atoms with van der Waals surface area (Å²) in [6.45, 7) is 2.57. The van der Waals surface area contributed by atoms with E-state index >= 15 is 0 Å². The minimum absolute atomic E-state index is 0.119. The molecule has 0 aliphatic heterocycles. The number of hydrogen-bond acceptors (Lipinski definition) is 2. The summed E-state index contributed by atoms with van der Waals surface area (Å²) in [5.74, 6) is -0.473. The van der Waals surface area contributed by atoms with Crippen LogP contribution in [-0.4, -0.2) is 29.3 Å². The predicted molar refractivity (Wildman–Crippen MR) is 159 cm³/mol. The van der Waals surface area contributed by atoms with Gasteiger partial charge in [0.1, 0.15) is 6.04 Å². The summed E-state index contributed by atoms with van der Waals surface area (Å²) >= 11 is 12.5. The van der Waals surface area contributed by atoms with Gasteiger partial charge in [-0.15, -0.1) is 0 Å². The van der Waals surface area contributed by atoms with Crippen LogP contribution in [0.1, 0.15) is 41.5 Å². The molecular weight excluding hydrogens is 527 g/mol. The summed E-state index contributed by atoms with van der Waals surface area (Å²) in [4.78, 5) is 29.5. The van der Waals surface area contributed by atoms with Crippen LogP contribution >= 0.6 is 23.2 Å². The number of carbonyl (C=O) groups excluding carboxylic acids is 2. The summed E-state index contributed by atoms with van der Waals surface area (Å²) < 4.78 is 0. The van der Waals surface area contributed by atoms with Crippen LogP contribution in [-0.2, 0) is 22.6 Å². The van der Waals surface area contributed by atoms with Gasteiger partial charge in [-0.25, -0.2) is 0 Å². The zero-order valence-corrected chi connectivity index (χ0v) is 23.4. The van der Waals surface area contributed by atoms with Gasteiger partial charge < -0.3 is 10.2 Å². The molecule has 4 aromatic carbocycles. The van der Waals surface area contributed by atoms with E-state index in [0.29, 0.717) is 23.0 Å². The van der Waals surface area contributed by atoms with Gasteiger partial charge in [0.15, 0.2) is 0 Å². The Morgan fingerprint density at radius 2 is 1.31 bits per heavy atom. The first-order chi connectivity index (χ1) is 19.0. The lowest BCUT2D eigenvalue weighted by molar-refractivity contribution is -0.141. The lowest BCUT2D eigenvalue weighted by Gasteiger charge is -2.33. The number of halogens is 2. The third-order valence-electron chi connectivity index (χ3n) is 6.74. The maximum absolute atomic E-state index is 14.3. The Balaban J connectivity index is 1.73. The van der Waals surface area contributed by atoms with Gasteiger partial charge in [-0.05, 0) is 41.3 Å². The van der Waals surface area contributed by atoms with E-state index in [1.807, 2.05) is 104 Å². The number of hydrogen-bond donors (Lipinski definition) is 1. The molecule has 0 bridgehead atoms. The summed E-state index contributed by atoms with van der Waals surface area (Å²) in [7, 11) is 0. The molecule has 200 valence electrons. The maximum Gasteiger partial charge on any atom is 0.243 e. The van der Waals surface area contributed by atoms with E-state index in [1.54, 1.807) is 17.0 Å². The summed E-state index contributed by atoms with van der Waals surface area (Å²) in [6, 6.07) is 34.4. The number of nitrogens with zero attached hydrogens (tertiary/aromatic N) is 1. The highest BCUT2D eigenvalue weighted by Gasteiger charge is 2.32. The van der Waals surface area contributed by atoms with Gasteiger partial charge in [0, 0.05) is 31.8 Å². The van der Waals surface area contributed by atoms with Crippen LogP contribution in [0, 0.1) is 0 Å². The average Bonchev–Trinajstić information content (AvgIpc) is 2.97. The van der Waals surface area contributed by atoms with Crippen molar-refractivity contribution in [2.75, 3.05) is 6.54 Å². The van der Waals surface area contributed by atoms with Gasteiger partial charge in [-0.2, -0.15) is 0 Å². The molecular formula is C33H32Cl2N2O2. The smallest absolute Gasteiger partial charge is 0.243 e. The van der Waals surface area contributed by atoms with Gasteiger partial charge in [-0.3, -0.25) is 9.59 Å². The van der Waals surface area contributed by atoms with Crippen molar-refractivity contribution in [3.8, 4) is 0 Å². The SMILES string of the molecule is CCNC(=O)[C@@H](Cc1ccccc1)N(Cc1ccc(Cl)c(Cl)c1)C(=O)CC(c1ccccc1)c1ccccc1. The molecule has 0 fully saturated rings. The number of nitrogens with one attached hydrogen (secondary N) is 1. The Morgan fingerprint density at radius 3 is 1.85 bits per heavy atom. The van der Waals surface area contributed by atoms with Crippen molar-refractivity contribution in [3.63, 3.8) is 0 Å². The summed E-state index contributed by atoms with van der Waals surface area (Å²) in [5, 5.41) is 3.79. The van der Waals surface area contributed by atoms with Crippen LogP contribution in [0.5, 0.6) is 0 Å². The zero-order chi connectivity index (χ0) is 27.6. The van der Waals surface area contributed by atoms with E-state index in [-0.39, 0.29) is 30.7 Å². The fraction of sp³-hybridized carbons (Fsp3) is 0.212.